The molecule has 122 valence electrons. The minimum Gasteiger partial charge on any atom is -0.506 e. The molecule has 24 heavy (non-hydrogen) atoms. The summed E-state index contributed by atoms with van der Waals surface area (Å²) in [5.41, 5.74) is 3.26. The van der Waals surface area contributed by atoms with Crippen molar-refractivity contribution in [2.75, 3.05) is 36.0 Å². The lowest BCUT2D eigenvalue weighted by molar-refractivity contribution is 0.480. The lowest BCUT2D eigenvalue weighted by atomic mass is 10.2. The van der Waals surface area contributed by atoms with Crippen LogP contribution in [-0.2, 0) is 0 Å². The third-order valence-electron chi connectivity index (χ3n) is 4.65. The number of benzene rings is 2. The standard InChI is InChI=1S/C20H21N3O/c1-15-4-2-6-17(14-15)22-10-12-23(13-11-22)19-9-8-16-5-3-7-18(24)20(16)21-19/h2-9,14,24H,10-13H2,1H3. The fraction of sp³-hybridized carbons (Fsp3) is 0.250. The first-order valence-corrected chi connectivity index (χ1v) is 8.36. The van der Waals surface area contributed by atoms with E-state index in [9.17, 15) is 5.11 Å². The lowest BCUT2D eigenvalue weighted by Crippen LogP contribution is -2.46. The van der Waals surface area contributed by atoms with Gasteiger partial charge in [-0.05, 0) is 42.8 Å². The van der Waals surface area contributed by atoms with Gasteiger partial charge in [-0.2, -0.15) is 0 Å². The maximum absolute atomic E-state index is 10.0. The number of aryl methyl sites for hydroxylation is 1. The van der Waals surface area contributed by atoms with E-state index in [1.165, 1.54) is 11.3 Å². The van der Waals surface area contributed by atoms with Gasteiger partial charge in [-0.3, -0.25) is 0 Å². The predicted molar refractivity (Wildman–Crippen MR) is 99.0 cm³/mol. The molecule has 2 heterocycles. The topological polar surface area (TPSA) is 39.6 Å². The lowest BCUT2D eigenvalue weighted by Gasteiger charge is -2.37. The number of hydrogen-bond acceptors (Lipinski definition) is 4. The highest BCUT2D eigenvalue weighted by Crippen LogP contribution is 2.26. The van der Waals surface area contributed by atoms with Crippen LogP contribution in [0.5, 0.6) is 5.75 Å². The number of piperazine rings is 1. The quantitative estimate of drug-likeness (QED) is 0.784. The molecule has 4 nitrogen and oxygen atoms in total. The highest BCUT2D eigenvalue weighted by Gasteiger charge is 2.19. The SMILES string of the molecule is Cc1cccc(N2CCN(c3ccc4cccc(O)c4n3)CC2)c1. The summed E-state index contributed by atoms with van der Waals surface area (Å²) in [6.07, 6.45) is 0. The molecule has 4 rings (SSSR count). The summed E-state index contributed by atoms with van der Waals surface area (Å²) in [6.45, 7) is 5.94. The van der Waals surface area contributed by atoms with Crippen molar-refractivity contribution in [3.8, 4) is 5.75 Å². The van der Waals surface area contributed by atoms with Gasteiger partial charge in [0.25, 0.3) is 0 Å². The Morgan fingerprint density at radius 1 is 0.875 bits per heavy atom. The summed E-state index contributed by atoms with van der Waals surface area (Å²) in [6, 6.07) is 18.2. The summed E-state index contributed by atoms with van der Waals surface area (Å²) >= 11 is 0. The zero-order valence-electron chi connectivity index (χ0n) is 13.8. The molecule has 0 spiro atoms. The Bertz CT molecular complexity index is 870. The zero-order valence-corrected chi connectivity index (χ0v) is 13.8. The Morgan fingerprint density at radius 3 is 2.42 bits per heavy atom. The van der Waals surface area contributed by atoms with Crippen molar-refractivity contribution < 1.29 is 5.11 Å². The van der Waals surface area contributed by atoms with Gasteiger partial charge in [-0.25, -0.2) is 4.98 Å². The van der Waals surface area contributed by atoms with Gasteiger partial charge in [-0.15, -0.1) is 0 Å². The molecular weight excluding hydrogens is 298 g/mol. The van der Waals surface area contributed by atoms with Crippen molar-refractivity contribution in [2.24, 2.45) is 0 Å². The summed E-state index contributed by atoms with van der Waals surface area (Å²) in [4.78, 5) is 9.38. The molecule has 4 heteroatoms. The Hall–Kier alpha value is -2.75. The van der Waals surface area contributed by atoms with Crippen LogP contribution in [0.15, 0.2) is 54.6 Å². The minimum atomic E-state index is 0.243. The van der Waals surface area contributed by atoms with E-state index in [1.54, 1.807) is 6.07 Å². The van der Waals surface area contributed by atoms with Crippen LogP contribution in [0.25, 0.3) is 10.9 Å². The molecule has 0 atom stereocenters. The molecule has 0 aliphatic carbocycles. The second-order valence-electron chi connectivity index (χ2n) is 6.33. The number of nitrogens with zero attached hydrogens (tertiary/aromatic N) is 3. The second-order valence-corrected chi connectivity index (χ2v) is 6.33. The molecule has 1 saturated heterocycles. The average Bonchev–Trinajstić information content (AvgIpc) is 2.62. The molecule has 0 radical (unpaired) electrons. The number of phenols is 1. The van der Waals surface area contributed by atoms with E-state index in [0.717, 1.165) is 37.4 Å². The smallest absolute Gasteiger partial charge is 0.141 e. The van der Waals surface area contributed by atoms with E-state index in [4.69, 9.17) is 0 Å². The Labute approximate surface area is 142 Å². The van der Waals surface area contributed by atoms with Crippen molar-refractivity contribution >= 4 is 22.4 Å². The molecule has 0 unspecified atom stereocenters. The molecule has 2 aromatic carbocycles. The van der Waals surface area contributed by atoms with Gasteiger partial charge in [0, 0.05) is 37.3 Å². The second kappa shape index (κ2) is 6.04. The summed E-state index contributed by atoms with van der Waals surface area (Å²) < 4.78 is 0. The molecule has 0 amide bonds. The third-order valence-corrected chi connectivity index (χ3v) is 4.65. The fourth-order valence-electron chi connectivity index (χ4n) is 3.32. The molecule has 3 aromatic rings. The first kappa shape index (κ1) is 14.8. The minimum absolute atomic E-state index is 0.243. The van der Waals surface area contributed by atoms with E-state index in [0.29, 0.717) is 5.52 Å². The number of fused-ring (bicyclic) bond motifs is 1. The Kier molecular flexibility index (Phi) is 3.73. The molecule has 0 bridgehead atoms. The molecule has 1 aliphatic rings. The van der Waals surface area contributed by atoms with E-state index in [1.807, 2.05) is 24.3 Å². The third kappa shape index (κ3) is 2.75. The number of hydrogen-bond donors (Lipinski definition) is 1. The maximum atomic E-state index is 10.0. The highest BCUT2D eigenvalue weighted by atomic mass is 16.3. The molecule has 0 saturated carbocycles. The normalized spacial score (nSPS) is 15.0. The summed E-state index contributed by atoms with van der Waals surface area (Å²) in [5, 5.41) is 11.0. The van der Waals surface area contributed by atoms with Crippen LogP contribution >= 0.6 is 0 Å². The van der Waals surface area contributed by atoms with E-state index < -0.39 is 0 Å². The average molecular weight is 319 g/mol. The first-order valence-electron chi connectivity index (χ1n) is 8.36. The van der Waals surface area contributed by atoms with Crippen molar-refractivity contribution in [3.63, 3.8) is 0 Å². The van der Waals surface area contributed by atoms with E-state index in [2.05, 4.69) is 46.0 Å². The number of rotatable bonds is 2. The predicted octanol–water partition coefficient (Wildman–Crippen LogP) is 3.58. The van der Waals surface area contributed by atoms with Gasteiger partial charge in [0.2, 0.25) is 0 Å². The van der Waals surface area contributed by atoms with Gasteiger partial charge in [0.1, 0.15) is 17.1 Å². The van der Waals surface area contributed by atoms with E-state index >= 15 is 0 Å². The van der Waals surface area contributed by atoms with Gasteiger partial charge in [0.05, 0.1) is 0 Å². The monoisotopic (exact) mass is 319 g/mol. The summed E-state index contributed by atoms with van der Waals surface area (Å²) in [5.74, 6) is 1.18. The molecule has 1 aliphatic heterocycles. The summed E-state index contributed by atoms with van der Waals surface area (Å²) in [7, 11) is 0. The van der Waals surface area contributed by atoms with E-state index in [-0.39, 0.29) is 5.75 Å². The maximum Gasteiger partial charge on any atom is 0.141 e. The van der Waals surface area contributed by atoms with Crippen LogP contribution in [0.3, 0.4) is 0 Å². The number of aromatic nitrogens is 1. The van der Waals surface area contributed by atoms with Crippen LogP contribution in [0.4, 0.5) is 11.5 Å². The number of pyridine rings is 1. The Balaban J connectivity index is 1.52. The van der Waals surface area contributed by atoms with Crippen LogP contribution in [0, 0.1) is 6.92 Å². The van der Waals surface area contributed by atoms with Crippen LogP contribution in [-0.4, -0.2) is 36.3 Å². The number of aromatic hydroxyl groups is 1. The van der Waals surface area contributed by atoms with Gasteiger partial charge in [-0.1, -0.05) is 24.3 Å². The number of phenolic OH excluding ortho intramolecular Hbond substituents is 1. The first-order chi connectivity index (χ1) is 11.7. The molecule has 1 aromatic heterocycles. The van der Waals surface area contributed by atoms with Crippen LogP contribution < -0.4 is 9.80 Å². The molecular formula is C20H21N3O. The van der Waals surface area contributed by atoms with Crippen molar-refractivity contribution in [3.05, 3.63) is 60.2 Å². The van der Waals surface area contributed by atoms with Crippen molar-refractivity contribution in [2.45, 2.75) is 6.92 Å². The molecule has 1 fully saturated rings. The molecule has 1 N–H and O–H groups in total. The van der Waals surface area contributed by atoms with Gasteiger partial charge < -0.3 is 14.9 Å². The fourth-order valence-corrected chi connectivity index (χ4v) is 3.32. The van der Waals surface area contributed by atoms with Crippen LogP contribution in [0.2, 0.25) is 0 Å². The van der Waals surface area contributed by atoms with Crippen molar-refractivity contribution in [1.29, 1.82) is 0 Å². The largest absolute Gasteiger partial charge is 0.506 e. The van der Waals surface area contributed by atoms with Gasteiger partial charge >= 0.3 is 0 Å². The Morgan fingerprint density at radius 2 is 1.62 bits per heavy atom. The van der Waals surface area contributed by atoms with Gasteiger partial charge in [0.15, 0.2) is 0 Å². The number of anilines is 2. The zero-order chi connectivity index (χ0) is 16.5. The van der Waals surface area contributed by atoms with Crippen molar-refractivity contribution in [1.82, 2.24) is 4.98 Å². The van der Waals surface area contributed by atoms with Crippen LogP contribution in [0.1, 0.15) is 5.56 Å². The number of para-hydroxylation sites is 1. The highest BCUT2D eigenvalue weighted by molar-refractivity contribution is 5.85.